The maximum absolute atomic E-state index is 11.6. The van der Waals surface area contributed by atoms with Crippen molar-refractivity contribution in [1.29, 1.82) is 0 Å². The number of hydrogen-bond donors (Lipinski definition) is 4. The van der Waals surface area contributed by atoms with Gasteiger partial charge in [-0.25, -0.2) is 0 Å². The van der Waals surface area contributed by atoms with E-state index in [1.807, 2.05) is 24.3 Å². The van der Waals surface area contributed by atoms with Crippen LogP contribution in [0.3, 0.4) is 0 Å². The molecular formula is C14H14N6O. The molecule has 3 rings (SSSR count). The number of amides is 1. The molecule has 0 aliphatic carbocycles. The molecule has 3 aromatic rings. The minimum absolute atomic E-state index is 0.343. The second kappa shape index (κ2) is 5.12. The molecule has 0 aliphatic rings. The van der Waals surface area contributed by atoms with Crippen LogP contribution in [0.15, 0.2) is 36.7 Å². The lowest BCUT2D eigenvalue weighted by Crippen LogP contribution is -2.15. The van der Waals surface area contributed by atoms with Gasteiger partial charge >= 0.3 is 0 Å². The number of para-hydroxylation sites is 1. The predicted octanol–water partition coefficient (Wildman–Crippen LogP) is 1.25. The van der Waals surface area contributed by atoms with Crippen LogP contribution in [0, 0.1) is 0 Å². The molecular weight excluding hydrogens is 268 g/mol. The lowest BCUT2D eigenvalue weighted by Gasteiger charge is -2.12. The summed E-state index contributed by atoms with van der Waals surface area (Å²) in [4.78, 5) is 15.8. The Labute approximate surface area is 120 Å². The molecule has 0 atom stereocenters. The van der Waals surface area contributed by atoms with Crippen LogP contribution in [0.1, 0.15) is 15.9 Å². The molecule has 0 bridgehead atoms. The first-order chi connectivity index (χ1) is 10.2. The summed E-state index contributed by atoms with van der Waals surface area (Å²) in [6, 6.07) is 7.52. The molecule has 2 heterocycles. The third kappa shape index (κ3) is 2.36. The molecule has 6 N–H and O–H groups in total. The summed E-state index contributed by atoms with van der Waals surface area (Å²) in [5, 5.41) is 10.6. The quantitative estimate of drug-likeness (QED) is 0.573. The van der Waals surface area contributed by atoms with E-state index in [1.165, 1.54) is 6.20 Å². The van der Waals surface area contributed by atoms with Crippen LogP contribution in [0.5, 0.6) is 0 Å². The molecule has 0 aliphatic heterocycles. The van der Waals surface area contributed by atoms with Crippen LogP contribution in [0.2, 0.25) is 0 Å². The Balaban J connectivity index is 2.04. The molecule has 0 unspecified atom stereocenters. The molecule has 0 saturated carbocycles. The summed E-state index contributed by atoms with van der Waals surface area (Å²) in [7, 11) is 0. The van der Waals surface area contributed by atoms with Gasteiger partial charge in [0.2, 0.25) is 0 Å². The summed E-state index contributed by atoms with van der Waals surface area (Å²) in [5.41, 5.74) is 13.8. The van der Waals surface area contributed by atoms with Crippen molar-refractivity contribution >= 4 is 28.3 Å². The van der Waals surface area contributed by atoms with Crippen molar-refractivity contribution in [2.24, 2.45) is 5.73 Å². The largest absolute Gasteiger partial charge is 0.384 e. The average Bonchev–Trinajstić information content (AvgIpc) is 2.89. The monoisotopic (exact) mass is 282 g/mol. The molecule has 7 nitrogen and oxygen atoms in total. The minimum atomic E-state index is -0.532. The van der Waals surface area contributed by atoms with Gasteiger partial charge in [0.05, 0.1) is 23.0 Å². The molecule has 7 heteroatoms. The Kier molecular flexibility index (Phi) is 3.15. The highest BCUT2D eigenvalue weighted by molar-refractivity contribution is 6.06. The number of nitrogen functional groups attached to an aromatic ring is 1. The van der Waals surface area contributed by atoms with Gasteiger partial charge in [0, 0.05) is 23.7 Å². The summed E-state index contributed by atoms with van der Waals surface area (Å²) in [5.74, 6) is -0.0441. The fourth-order valence-electron chi connectivity index (χ4n) is 2.16. The molecule has 1 amide bonds. The summed E-state index contributed by atoms with van der Waals surface area (Å²) in [6.07, 6.45) is 3.11. The number of carbonyl (C=O) groups excluding carboxylic acids is 1. The van der Waals surface area contributed by atoms with E-state index in [-0.39, 0.29) is 0 Å². The highest BCUT2D eigenvalue weighted by Crippen LogP contribution is 2.26. The Morgan fingerprint density at radius 1 is 1.29 bits per heavy atom. The van der Waals surface area contributed by atoms with E-state index >= 15 is 0 Å². The van der Waals surface area contributed by atoms with Gasteiger partial charge in [0.1, 0.15) is 5.82 Å². The number of hydrogen-bond acceptors (Lipinski definition) is 5. The first-order valence-corrected chi connectivity index (χ1v) is 6.36. The second-order valence-electron chi connectivity index (χ2n) is 4.59. The minimum Gasteiger partial charge on any atom is -0.384 e. The van der Waals surface area contributed by atoms with E-state index in [9.17, 15) is 4.79 Å². The molecule has 2 aromatic heterocycles. The van der Waals surface area contributed by atoms with Crippen LogP contribution in [-0.2, 0) is 6.54 Å². The lowest BCUT2D eigenvalue weighted by atomic mass is 10.1. The van der Waals surface area contributed by atoms with Gasteiger partial charge in [-0.2, -0.15) is 5.10 Å². The SMILES string of the molecule is NC(=O)c1cnc2ccccc2c1NCc1cn[nH]c1N. The Bertz CT molecular complexity index is 810. The van der Waals surface area contributed by atoms with E-state index in [0.717, 1.165) is 16.5 Å². The number of pyridine rings is 1. The Morgan fingerprint density at radius 3 is 2.81 bits per heavy atom. The summed E-state index contributed by atoms with van der Waals surface area (Å²) >= 11 is 0. The maximum Gasteiger partial charge on any atom is 0.252 e. The van der Waals surface area contributed by atoms with Crippen LogP contribution < -0.4 is 16.8 Å². The standard InChI is InChI=1S/C14H14N6O/c15-13-8(6-19-20-13)5-18-12-9-3-1-2-4-11(9)17-7-10(12)14(16)21/h1-4,6-7H,5H2,(H2,16,21)(H,17,18)(H3,15,19,20). The number of aromatic nitrogens is 3. The number of anilines is 2. The van der Waals surface area contributed by atoms with Gasteiger partial charge in [-0.3, -0.25) is 14.9 Å². The zero-order valence-electron chi connectivity index (χ0n) is 11.1. The normalized spacial score (nSPS) is 10.7. The highest BCUT2D eigenvalue weighted by atomic mass is 16.1. The van der Waals surface area contributed by atoms with E-state index < -0.39 is 5.91 Å². The van der Waals surface area contributed by atoms with Crippen molar-refractivity contribution in [2.45, 2.75) is 6.54 Å². The lowest BCUT2D eigenvalue weighted by molar-refractivity contribution is 0.100. The Hall–Kier alpha value is -3.09. The second-order valence-corrected chi connectivity index (χ2v) is 4.59. The number of benzene rings is 1. The molecule has 0 spiro atoms. The van der Waals surface area contributed by atoms with Crippen LogP contribution in [0.4, 0.5) is 11.5 Å². The van der Waals surface area contributed by atoms with Crippen molar-refractivity contribution in [3.8, 4) is 0 Å². The van der Waals surface area contributed by atoms with Crippen molar-refractivity contribution < 1.29 is 4.79 Å². The zero-order valence-corrected chi connectivity index (χ0v) is 11.1. The molecule has 21 heavy (non-hydrogen) atoms. The smallest absolute Gasteiger partial charge is 0.252 e. The van der Waals surface area contributed by atoms with Crippen molar-refractivity contribution in [1.82, 2.24) is 15.2 Å². The van der Waals surface area contributed by atoms with Crippen molar-refractivity contribution in [3.05, 3.63) is 47.8 Å². The van der Waals surface area contributed by atoms with Gasteiger partial charge in [0.15, 0.2) is 0 Å². The van der Waals surface area contributed by atoms with Crippen LogP contribution in [0.25, 0.3) is 10.9 Å². The number of carbonyl (C=O) groups is 1. The van der Waals surface area contributed by atoms with Gasteiger partial charge < -0.3 is 16.8 Å². The number of nitrogens with one attached hydrogen (secondary N) is 2. The first kappa shape index (κ1) is 12.9. The molecule has 1 aromatic carbocycles. The molecule has 0 fully saturated rings. The van der Waals surface area contributed by atoms with Crippen LogP contribution >= 0.6 is 0 Å². The predicted molar refractivity (Wildman–Crippen MR) is 80.6 cm³/mol. The summed E-state index contributed by atoms with van der Waals surface area (Å²) < 4.78 is 0. The molecule has 0 radical (unpaired) electrons. The number of nitrogens with two attached hydrogens (primary N) is 2. The maximum atomic E-state index is 11.6. The highest BCUT2D eigenvalue weighted by Gasteiger charge is 2.13. The number of H-pyrrole nitrogens is 1. The van der Waals surface area contributed by atoms with E-state index in [4.69, 9.17) is 11.5 Å². The van der Waals surface area contributed by atoms with Gasteiger partial charge in [-0.15, -0.1) is 0 Å². The molecule has 0 saturated heterocycles. The molecule has 106 valence electrons. The number of primary amides is 1. The fourth-order valence-corrected chi connectivity index (χ4v) is 2.16. The van der Waals surface area contributed by atoms with Gasteiger partial charge in [0.25, 0.3) is 5.91 Å². The first-order valence-electron chi connectivity index (χ1n) is 6.36. The number of rotatable bonds is 4. The zero-order chi connectivity index (χ0) is 14.8. The number of nitrogens with zero attached hydrogens (tertiary/aromatic N) is 2. The van der Waals surface area contributed by atoms with Crippen molar-refractivity contribution in [3.63, 3.8) is 0 Å². The third-order valence-corrected chi connectivity index (χ3v) is 3.25. The van der Waals surface area contributed by atoms with E-state index in [0.29, 0.717) is 23.6 Å². The van der Waals surface area contributed by atoms with Gasteiger partial charge in [-0.05, 0) is 6.07 Å². The van der Waals surface area contributed by atoms with Crippen LogP contribution in [-0.4, -0.2) is 21.1 Å². The Morgan fingerprint density at radius 2 is 2.10 bits per heavy atom. The fraction of sp³-hybridized carbons (Fsp3) is 0.0714. The van der Waals surface area contributed by atoms with E-state index in [1.54, 1.807) is 6.20 Å². The summed E-state index contributed by atoms with van der Waals surface area (Å²) in [6.45, 7) is 0.427. The average molecular weight is 282 g/mol. The number of fused-ring (bicyclic) bond motifs is 1. The van der Waals surface area contributed by atoms with E-state index in [2.05, 4.69) is 20.5 Å². The third-order valence-electron chi connectivity index (χ3n) is 3.25. The topological polar surface area (TPSA) is 123 Å². The van der Waals surface area contributed by atoms with Gasteiger partial charge in [-0.1, -0.05) is 18.2 Å². The van der Waals surface area contributed by atoms with Crippen molar-refractivity contribution in [2.75, 3.05) is 11.1 Å². The number of aromatic amines is 1.